The largest absolute Gasteiger partial charge is 0.396 e. The van der Waals surface area contributed by atoms with Crippen molar-refractivity contribution >= 4 is 29.0 Å². The molecule has 0 fully saturated rings. The Balaban J connectivity index is 3.18. The lowest BCUT2D eigenvalue weighted by atomic mass is 10.4. The highest BCUT2D eigenvalue weighted by atomic mass is 32.1. The van der Waals surface area contributed by atoms with Crippen molar-refractivity contribution in [3.63, 3.8) is 0 Å². The molecule has 1 aromatic rings. The summed E-state index contributed by atoms with van der Waals surface area (Å²) < 4.78 is 0. The first-order valence-electron chi connectivity index (χ1n) is 2.33. The first-order valence-corrected chi connectivity index (χ1v) is 3.21. The van der Waals surface area contributed by atoms with Crippen LogP contribution in [0, 0.1) is 0 Å². The van der Waals surface area contributed by atoms with Crippen molar-refractivity contribution in [1.82, 2.24) is 0 Å². The van der Waals surface area contributed by atoms with Crippen molar-refractivity contribution in [2.45, 2.75) is 0 Å². The summed E-state index contributed by atoms with van der Waals surface area (Å²) in [4.78, 5) is 10.6. The molecule has 0 radical (unpaired) electrons. The van der Waals surface area contributed by atoms with Crippen LogP contribution in [0.2, 0.25) is 0 Å². The molecule has 4 heteroatoms. The summed E-state index contributed by atoms with van der Waals surface area (Å²) in [7, 11) is 0. The Kier molecular flexibility index (Phi) is 1.40. The zero-order valence-electron chi connectivity index (χ0n) is 4.63. The normalized spacial score (nSPS) is 9.33. The van der Waals surface area contributed by atoms with E-state index in [1.165, 1.54) is 11.3 Å². The number of aldehydes is 1. The Hall–Kier alpha value is -1.03. The number of carbonyl (C=O) groups excluding carboxylic acids is 1. The molecule has 0 aliphatic carbocycles. The summed E-state index contributed by atoms with van der Waals surface area (Å²) >= 11 is 1.26. The minimum absolute atomic E-state index is 0.398. The number of hydrogen-bond acceptors (Lipinski definition) is 4. The summed E-state index contributed by atoms with van der Waals surface area (Å²) in [6, 6.07) is 0. The van der Waals surface area contributed by atoms with Gasteiger partial charge in [-0.1, -0.05) is 0 Å². The van der Waals surface area contributed by atoms with E-state index in [2.05, 4.69) is 0 Å². The minimum Gasteiger partial charge on any atom is -0.396 e. The molecule has 1 heterocycles. The molecule has 9 heavy (non-hydrogen) atoms. The molecule has 0 aromatic carbocycles. The Morgan fingerprint density at radius 1 is 1.56 bits per heavy atom. The van der Waals surface area contributed by atoms with Gasteiger partial charge in [-0.25, -0.2) is 0 Å². The van der Waals surface area contributed by atoms with Crippen LogP contribution in [0.25, 0.3) is 0 Å². The fraction of sp³-hybridized carbons (Fsp3) is 0. The lowest BCUT2D eigenvalue weighted by molar-refractivity contribution is 0.112. The second kappa shape index (κ2) is 2.06. The Morgan fingerprint density at radius 3 is 2.44 bits per heavy atom. The van der Waals surface area contributed by atoms with E-state index in [1.807, 2.05) is 0 Å². The monoisotopic (exact) mass is 142 g/mol. The fourth-order valence-electron chi connectivity index (χ4n) is 0.487. The van der Waals surface area contributed by atoms with Gasteiger partial charge in [-0.2, -0.15) is 0 Å². The third-order valence-electron chi connectivity index (χ3n) is 0.996. The van der Waals surface area contributed by atoms with Gasteiger partial charge >= 0.3 is 0 Å². The van der Waals surface area contributed by atoms with Crippen molar-refractivity contribution < 1.29 is 4.79 Å². The summed E-state index contributed by atoms with van der Waals surface area (Å²) in [6.45, 7) is 0. The molecule has 0 spiro atoms. The number of hydrogen-bond donors (Lipinski definition) is 2. The van der Waals surface area contributed by atoms with Gasteiger partial charge in [-0.05, 0) is 0 Å². The molecule has 0 aliphatic heterocycles. The summed E-state index contributed by atoms with van der Waals surface area (Å²) in [5.74, 6) is 0. The number of nitrogen functional groups attached to an aromatic ring is 2. The van der Waals surface area contributed by atoms with E-state index >= 15 is 0 Å². The quantitative estimate of drug-likeness (QED) is 0.568. The van der Waals surface area contributed by atoms with Crippen molar-refractivity contribution in [3.05, 3.63) is 10.3 Å². The highest BCUT2D eigenvalue weighted by molar-refractivity contribution is 7.12. The van der Waals surface area contributed by atoms with Gasteiger partial charge in [0.15, 0.2) is 6.29 Å². The summed E-state index contributed by atoms with van der Waals surface area (Å²) in [5.41, 5.74) is 11.6. The Morgan fingerprint density at radius 2 is 2.22 bits per heavy atom. The molecule has 0 unspecified atom stereocenters. The van der Waals surface area contributed by atoms with Gasteiger partial charge in [0.1, 0.15) is 0 Å². The zero-order valence-corrected chi connectivity index (χ0v) is 5.44. The molecule has 0 amide bonds. The van der Waals surface area contributed by atoms with Crippen molar-refractivity contribution in [3.8, 4) is 0 Å². The lowest BCUT2D eigenvalue weighted by Crippen LogP contribution is -1.91. The predicted octanol–water partition coefficient (Wildman–Crippen LogP) is 0.725. The standard InChI is InChI=1S/C5H6N2OS/c6-3-2-9-4(1-8)5(3)7/h1-2H,6-7H2. The highest BCUT2D eigenvalue weighted by Gasteiger charge is 2.02. The smallest absolute Gasteiger partial charge is 0.162 e. The molecular formula is C5H6N2OS. The first kappa shape index (κ1) is 6.10. The molecular weight excluding hydrogens is 136 g/mol. The first-order chi connectivity index (χ1) is 4.25. The average Bonchev–Trinajstić information content (AvgIpc) is 2.15. The van der Waals surface area contributed by atoms with Crippen LogP contribution in [0.15, 0.2) is 5.38 Å². The van der Waals surface area contributed by atoms with Crippen LogP contribution in [0.5, 0.6) is 0 Å². The molecule has 48 valence electrons. The van der Waals surface area contributed by atoms with Gasteiger partial charge in [0, 0.05) is 5.38 Å². The topological polar surface area (TPSA) is 69.1 Å². The third kappa shape index (κ3) is 0.882. The van der Waals surface area contributed by atoms with E-state index in [9.17, 15) is 4.79 Å². The molecule has 0 saturated heterocycles. The maximum atomic E-state index is 10.1. The van der Waals surface area contributed by atoms with Crippen LogP contribution < -0.4 is 11.5 Å². The number of carbonyl (C=O) groups is 1. The molecule has 0 aliphatic rings. The van der Waals surface area contributed by atoms with Crippen LogP contribution in [0.3, 0.4) is 0 Å². The van der Waals surface area contributed by atoms with Crippen molar-refractivity contribution in [2.24, 2.45) is 0 Å². The van der Waals surface area contributed by atoms with Gasteiger partial charge in [-0.15, -0.1) is 11.3 Å². The summed E-state index contributed by atoms with van der Waals surface area (Å²) in [5, 5.41) is 1.65. The van der Waals surface area contributed by atoms with Crippen LogP contribution >= 0.6 is 11.3 Å². The van der Waals surface area contributed by atoms with E-state index < -0.39 is 0 Å². The van der Waals surface area contributed by atoms with Crippen LogP contribution in [-0.4, -0.2) is 6.29 Å². The fourth-order valence-corrected chi connectivity index (χ4v) is 1.17. The van der Waals surface area contributed by atoms with Crippen LogP contribution in [0.1, 0.15) is 9.67 Å². The molecule has 0 saturated carbocycles. The molecule has 0 atom stereocenters. The number of anilines is 2. The Bertz CT molecular complexity index is 231. The SMILES string of the molecule is Nc1csc(C=O)c1N. The number of thiophene rings is 1. The number of rotatable bonds is 1. The highest BCUT2D eigenvalue weighted by Crippen LogP contribution is 2.24. The average molecular weight is 142 g/mol. The molecule has 3 nitrogen and oxygen atoms in total. The molecule has 1 aromatic heterocycles. The van der Waals surface area contributed by atoms with E-state index in [-0.39, 0.29) is 0 Å². The zero-order chi connectivity index (χ0) is 6.85. The molecule has 1 rings (SSSR count). The minimum atomic E-state index is 0.398. The predicted molar refractivity (Wildman–Crippen MR) is 38.5 cm³/mol. The van der Waals surface area contributed by atoms with Gasteiger partial charge < -0.3 is 11.5 Å². The van der Waals surface area contributed by atoms with Crippen molar-refractivity contribution in [1.29, 1.82) is 0 Å². The van der Waals surface area contributed by atoms with Gasteiger partial charge in [-0.3, -0.25) is 4.79 Å². The van der Waals surface area contributed by atoms with Crippen LogP contribution in [-0.2, 0) is 0 Å². The second-order valence-electron chi connectivity index (χ2n) is 1.59. The maximum absolute atomic E-state index is 10.1. The van der Waals surface area contributed by atoms with Crippen LogP contribution in [0.4, 0.5) is 11.4 Å². The summed E-state index contributed by atoms with van der Waals surface area (Å²) in [6.07, 6.45) is 0.705. The number of nitrogens with two attached hydrogens (primary N) is 2. The maximum Gasteiger partial charge on any atom is 0.162 e. The van der Waals surface area contributed by atoms with E-state index in [1.54, 1.807) is 5.38 Å². The van der Waals surface area contributed by atoms with E-state index in [0.29, 0.717) is 22.5 Å². The Labute approximate surface area is 56.3 Å². The third-order valence-corrected chi connectivity index (χ3v) is 1.94. The van der Waals surface area contributed by atoms with Gasteiger partial charge in [0.2, 0.25) is 0 Å². The lowest BCUT2D eigenvalue weighted by Gasteiger charge is -1.87. The second-order valence-corrected chi connectivity index (χ2v) is 2.50. The molecule has 4 N–H and O–H groups in total. The van der Waals surface area contributed by atoms with E-state index in [4.69, 9.17) is 11.5 Å². The van der Waals surface area contributed by atoms with Crippen molar-refractivity contribution in [2.75, 3.05) is 11.5 Å². The van der Waals surface area contributed by atoms with E-state index in [0.717, 1.165) is 0 Å². The van der Waals surface area contributed by atoms with Gasteiger partial charge in [0.25, 0.3) is 0 Å². The van der Waals surface area contributed by atoms with Gasteiger partial charge in [0.05, 0.1) is 16.3 Å². The molecule has 0 bridgehead atoms.